The van der Waals surface area contributed by atoms with E-state index in [1.807, 2.05) is 11.6 Å². The number of aromatic nitrogens is 4. The van der Waals surface area contributed by atoms with Crippen molar-refractivity contribution in [3.8, 4) is 0 Å². The molecule has 0 amide bonds. The molecular formula is C11H15N5O2S. The fourth-order valence-electron chi connectivity index (χ4n) is 1.47. The second kappa shape index (κ2) is 6.28. The van der Waals surface area contributed by atoms with Crippen LogP contribution in [0.1, 0.15) is 23.2 Å². The van der Waals surface area contributed by atoms with Crippen molar-refractivity contribution in [1.29, 1.82) is 0 Å². The molecule has 0 radical (unpaired) electrons. The minimum atomic E-state index is -0.389. The second-order valence-electron chi connectivity index (χ2n) is 3.79. The Morgan fingerprint density at radius 2 is 2.42 bits per heavy atom. The fourth-order valence-corrected chi connectivity index (χ4v) is 2.18. The zero-order valence-corrected chi connectivity index (χ0v) is 11.6. The molecule has 0 aromatic carbocycles. The lowest BCUT2D eigenvalue weighted by molar-refractivity contribution is 0.0520. The first kappa shape index (κ1) is 13.5. The molecule has 102 valence electrons. The number of anilines is 1. The van der Waals surface area contributed by atoms with E-state index in [0.29, 0.717) is 24.0 Å². The molecule has 2 rings (SSSR count). The molecule has 0 aliphatic rings. The van der Waals surface area contributed by atoms with Gasteiger partial charge in [-0.3, -0.25) is 0 Å². The first-order chi connectivity index (χ1) is 9.20. The van der Waals surface area contributed by atoms with Gasteiger partial charge in [0, 0.05) is 25.4 Å². The Balaban J connectivity index is 1.84. The molecule has 0 unspecified atom stereocenters. The smallest absolute Gasteiger partial charge is 0.357 e. The number of aryl methyl sites for hydroxylation is 1. The van der Waals surface area contributed by atoms with Gasteiger partial charge in [0.2, 0.25) is 0 Å². The van der Waals surface area contributed by atoms with E-state index in [2.05, 4.69) is 20.5 Å². The van der Waals surface area contributed by atoms with Crippen LogP contribution in [-0.2, 0) is 18.2 Å². The zero-order chi connectivity index (χ0) is 13.7. The summed E-state index contributed by atoms with van der Waals surface area (Å²) in [5.74, 6) is 0.509. The number of nitrogens with one attached hydrogen (secondary N) is 1. The van der Waals surface area contributed by atoms with E-state index in [1.54, 1.807) is 18.6 Å². The molecule has 0 aliphatic heterocycles. The van der Waals surface area contributed by atoms with E-state index in [4.69, 9.17) is 4.74 Å². The van der Waals surface area contributed by atoms with Gasteiger partial charge in [0.05, 0.1) is 6.61 Å². The van der Waals surface area contributed by atoms with E-state index >= 15 is 0 Å². The fraction of sp³-hybridized carbons (Fsp3) is 0.455. The molecule has 0 bridgehead atoms. The largest absolute Gasteiger partial charge is 0.461 e. The summed E-state index contributed by atoms with van der Waals surface area (Å²) in [5, 5.41) is 13.3. The van der Waals surface area contributed by atoms with Crippen LogP contribution >= 0.6 is 11.3 Å². The number of carbonyl (C=O) groups is 1. The third-order valence-corrected chi connectivity index (χ3v) is 3.22. The van der Waals surface area contributed by atoms with E-state index in [1.165, 1.54) is 11.3 Å². The molecule has 2 heterocycles. The van der Waals surface area contributed by atoms with Crippen molar-refractivity contribution in [1.82, 2.24) is 19.7 Å². The molecule has 19 heavy (non-hydrogen) atoms. The summed E-state index contributed by atoms with van der Waals surface area (Å²) in [7, 11) is 1.90. The van der Waals surface area contributed by atoms with Gasteiger partial charge in [-0.25, -0.2) is 9.78 Å². The minimum Gasteiger partial charge on any atom is -0.461 e. The summed E-state index contributed by atoms with van der Waals surface area (Å²) in [5.41, 5.74) is 0.341. The maximum Gasteiger partial charge on any atom is 0.357 e. The summed E-state index contributed by atoms with van der Waals surface area (Å²) < 4.78 is 6.74. The first-order valence-electron chi connectivity index (χ1n) is 5.90. The SMILES string of the molecule is CCOC(=O)c1csc(NCCc2nncn2C)n1. The van der Waals surface area contributed by atoms with Crippen molar-refractivity contribution in [2.75, 3.05) is 18.5 Å². The van der Waals surface area contributed by atoms with Gasteiger partial charge in [-0.15, -0.1) is 21.5 Å². The molecule has 8 heteroatoms. The lowest BCUT2D eigenvalue weighted by Crippen LogP contribution is -2.09. The highest BCUT2D eigenvalue weighted by atomic mass is 32.1. The van der Waals surface area contributed by atoms with Crippen molar-refractivity contribution in [2.24, 2.45) is 7.05 Å². The molecule has 0 spiro atoms. The number of thiazole rings is 1. The van der Waals surface area contributed by atoms with E-state index in [9.17, 15) is 4.79 Å². The highest BCUT2D eigenvalue weighted by Crippen LogP contribution is 2.15. The Hall–Kier alpha value is -1.96. The zero-order valence-electron chi connectivity index (χ0n) is 10.8. The van der Waals surface area contributed by atoms with Gasteiger partial charge < -0.3 is 14.6 Å². The lowest BCUT2D eigenvalue weighted by Gasteiger charge is -2.02. The van der Waals surface area contributed by atoms with Crippen LogP contribution in [0.4, 0.5) is 5.13 Å². The Morgan fingerprint density at radius 3 is 3.11 bits per heavy atom. The quantitative estimate of drug-likeness (QED) is 0.799. The second-order valence-corrected chi connectivity index (χ2v) is 4.65. The molecular weight excluding hydrogens is 266 g/mol. The molecule has 1 N–H and O–H groups in total. The van der Waals surface area contributed by atoms with Crippen LogP contribution in [0.3, 0.4) is 0 Å². The highest BCUT2D eigenvalue weighted by molar-refractivity contribution is 7.13. The monoisotopic (exact) mass is 281 g/mol. The topological polar surface area (TPSA) is 81.9 Å². The Kier molecular flexibility index (Phi) is 4.45. The van der Waals surface area contributed by atoms with Gasteiger partial charge in [0.15, 0.2) is 10.8 Å². The summed E-state index contributed by atoms with van der Waals surface area (Å²) in [6, 6.07) is 0. The summed E-state index contributed by atoms with van der Waals surface area (Å²) in [6.07, 6.45) is 2.41. The average molecular weight is 281 g/mol. The molecule has 0 fully saturated rings. The third kappa shape index (κ3) is 3.50. The number of esters is 1. The Labute approximate surface area is 114 Å². The molecule has 0 aliphatic carbocycles. The van der Waals surface area contributed by atoms with Crippen LogP contribution in [0.25, 0.3) is 0 Å². The lowest BCUT2D eigenvalue weighted by atomic mass is 10.4. The van der Waals surface area contributed by atoms with Crippen LogP contribution < -0.4 is 5.32 Å². The van der Waals surface area contributed by atoms with Gasteiger partial charge >= 0.3 is 5.97 Å². The van der Waals surface area contributed by atoms with Gasteiger partial charge in [-0.05, 0) is 6.92 Å². The third-order valence-electron chi connectivity index (χ3n) is 2.42. The maximum absolute atomic E-state index is 11.4. The number of hydrogen-bond donors (Lipinski definition) is 1. The van der Waals surface area contributed by atoms with Crippen LogP contribution in [-0.4, -0.2) is 38.9 Å². The predicted octanol–water partition coefficient (Wildman–Crippen LogP) is 1.10. The van der Waals surface area contributed by atoms with Gasteiger partial charge in [0.25, 0.3) is 0 Å². The van der Waals surface area contributed by atoms with Gasteiger partial charge in [-0.2, -0.15) is 0 Å². The summed E-state index contributed by atoms with van der Waals surface area (Å²) in [6.45, 7) is 2.80. The predicted molar refractivity (Wildman–Crippen MR) is 71.3 cm³/mol. The molecule has 0 saturated carbocycles. The Bertz CT molecular complexity index is 551. The molecule has 2 aromatic rings. The first-order valence-corrected chi connectivity index (χ1v) is 6.78. The number of nitrogens with zero attached hydrogens (tertiary/aromatic N) is 4. The van der Waals surface area contributed by atoms with Crippen molar-refractivity contribution in [3.63, 3.8) is 0 Å². The molecule has 0 atom stereocenters. The molecule has 2 aromatic heterocycles. The van der Waals surface area contributed by atoms with Crippen LogP contribution in [0, 0.1) is 0 Å². The van der Waals surface area contributed by atoms with Crippen LogP contribution in [0.5, 0.6) is 0 Å². The summed E-state index contributed by atoms with van der Waals surface area (Å²) >= 11 is 1.38. The summed E-state index contributed by atoms with van der Waals surface area (Å²) in [4.78, 5) is 15.6. The van der Waals surface area contributed by atoms with Crippen molar-refractivity contribution in [3.05, 3.63) is 23.2 Å². The Morgan fingerprint density at radius 1 is 1.58 bits per heavy atom. The number of ether oxygens (including phenoxy) is 1. The van der Waals surface area contributed by atoms with Crippen LogP contribution in [0.15, 0.2) is 11.7 Å². The van der Waals surface area contributed by atoms with Crippen molar-refractivity contribution in [2.45, 2.75) is 13.3 Å². The normalized spacial score (nSPS) is 10.4. The van der Waals surface area contributed by atoms with Gasteiger partial charge in [-0.1, -0.05) is 0 Å². The standard InChI is InChI=1S/C11H15N5O2S/c1-3-18-10(17)8-6-19-11(14-8)12-5-4-9-15-13-7-16(9)2/h6-7H,3-5H2,1-2H3,(H,12,14). The van der Waals surface area contributed by atoms with Crippen molar-refractivity contribution >= 4 is 22.4 Å². The average Bonchev–Trinajstić information content (AvgIpc) is 3.00. The van der Waals surface area contributed by atoms with E-state index in [0.717, 1.165) is 12.2 Å². The number of carbonyl (C=O) groups excluding carboxylic acids is 1. The van der Waals surface area contributed by atoms with Crippen LogP contribution in [0.2, 0.25) is 0 Å². The van der Waals surface area contributed by atoms with Crippen molar-refractivity contribution < 1.29 is 9.53 Å². The molecule has 0 saturated heterocycles. The minimum absolute atomic E-state index is 0.341. The van der Waals surface area contributed by atoms with Gasteiger partial charge in [0.1, 0.15) is 12.2 Å². The molecule has 7 nitrogen and oxygen atoms in total. The van der Waals surface area contributed by atoms with E-state index in [-0.39, 0.29) is 5.97 Å². The number of hydrogen-bond acceptors (Lipinski definition) is 7. The maximum atomic E-state index is 11.4. The van der Waals surface area contributed by atoms with E-state index < -0.39 is 0 Å². The highest BCUT2D eigenvalue weighted by Gasteiger charge is 2.11. The number of rotatable bonds is 6.